The van der Waals surface area contributed by atoms with Crippen LogP contribution in [-0.2, 0) is 13.0 Å². The van der Waals surface area contributed by atoms with Gasteiger partial charge in [-0.2, -0.15) is 0 Å². The van der Waals surface area contributed by atoms with Crippen LogP contribution < -0.4 is 16.6 Å². The summed E-state index contributed by atoms with van der Waals surface area (Å²) in [5, 5.41) is 3.34. The molecule has 2 heterocycles. The zero-order valence-electron chi connectivity index (χ0n) is 19.0. The van der Waals surface area contributed by atoms with Gasteiger partial charge in [-0.05, 0) is 36.7 Å². The van der Waals surface area contributed by atoms with Crippen molar-refractivity contribution in [1.82, 2.24) is 24.7 Å². The van der Waals surface area contributed by atoms with E-state index in [1.165, 1.54) is 4.57 Å². The number of fused-ring (bicyclic) bond motifs is 1. The topological polar surface area (TPSA) is 90.4 Å². The van der Waals surface area contributed by atoms with Gasteiger partial charge in [0.2, 0.25) is 0 Å². The van der Waals surface area contributed by atoms with E-state index in [9.17, 15) is 14.4 Å². The number of likely N-dealkylation sites (N-methyl/N-ethyl adjacent to an activating group) is 1. The summed E-state index contributed by atoms with van der Waals surface area (Å²) in [6.07, 6.45) is 0.587. The molecule has 0 unspecified atom stereocenters. The zero-order chi connectivity index (χ0) is 23.2. The number of nitrogens with one attached hydrogen (secondary N) is 2. The number of hydrogen-bond donors (Lipinski definition) is 2. The van der Waals surface area contributed by atoms with Crippen LogP contribution in [0.4, 0.5) is 0 Å². The molecule has 0 bridgehead atoms. The van der Waals surface area contributed by atoms with Gasteiger partial charge < -0.3 is 15.2 Å². The summed E-state index contributed by atoms with van der Waals surface area (Å²) in [4.78, 5) is 45.6. The third-order valence-electron chi connectivity index (χ3n) is 6.34. The first kappa shape index (κ1) is 22.9. The Kier molecular flexibility index (Phi) is 7.36. The van der Waals surface area contributed by atoms with Crippen molar-refractivity contribution < 1.29 is 4.79 Å². The molecule has 8 nitrogen and oxygen atoms in total. The van der Waals surface area contributed by atoms with Crippen LogP contribution in [-0.4, -0.2) is 71.1 Å². The number of amides is 1. The highest BCUT2D eigenvalue weighted by Gasteiger charge is 2.16. The van der Waals surface area contributed by atoms with Crippen molar-refractivity contribution in [2.75, 3.05) is 45.8 Å². The second kappa shape index (κ2) is 10.6. The highest BCUT2D eigenvalue weighted by molar-refractivity contribution is 5.97. The number of nitrogens with zero attached hydrogens (tertiary/aromatic N) is 3. The Morgan fingerprint density at radius 3 is 2.42 bits per heavy atom. The maximum Gasteiger partial charge on any atom is 0.328 e. The molecular formula is C25H31N5O3. The van der Waals surface area contributed by atoms with Crippen LogP contribution in [0, 0.1) is 0 Å². The molecule has 1 fully saturated rings. The molecule has 33 heavy (non-hydrogen) atoms. The molecule has 1 amide bonds. The summed E-state index contributed by atoms with van der Waals surface area (Å²) in [7, 11) is 0. The van der Waals surface area contributed by atoms with Crippen LogP contribution in [0.2, 0.25) is 0 Å². The van der Waals surface area contributed by atoms with Gasteiger partial charge in [0.25, 0.3) is 11.5 Å². The van der Waals surface area contributed by atoms with Crippen LogP contribution in [0.1, 0.15) is 22.8 Å². The summed E-state index contributed by atoms with van der Waals surface area (Å²) in [6.45, 7) is 9.05. The van der Waals surface area contributed by atoms with E-state index in [-0.39, 0.29) is 11.5 Å². The number of hydrogen-bond acceptors (Lipinski definition) is 5. The largest absolute Gasteiger partial charge is 0.351 e. The Labute approximate surface area is 192 Å². The van der Waals surface area contributed by atoms with Crippen molar-refractivity contribution in [3.63, 3.8) is 0 Å². The Balaban J connectivity index is 1.39. The lowest BCUT2D eigenvalue weighted by atomic mass is 10.1. The standard InChI is InChI=1S/C25H31N5O3/c1-2-28-14-16-29(17-15-28)13-11-26-23(31)20-8-9-21-22(18-20)27-25(33)30(24(21)32)12-10-19-6-4-3-5-7-19/h3-9,18H,2,10-17H2,1H3,(H,26,31)(H,27,33). The Bertz CT molecular complexity index is 1210. The van der Waals surface area contributed by atoms with Crippen LogP contribution >= 0.6 is 0 Å². The minimum absolute atomic E-state index is 0.210. The average Bonchev–Trinajstić information content (AvgIpc) is 2.84. The summed E-state index contributed by atoms with van der Waals surface area (Å²) < 4.78 is 1.22. The fourth-order valence-electron chi connectivity index (χ4n) is 4.24. The third kappa shape index (κ3) is 5.58. The Morgan fingerprint density at radius 2 is 1.70 bits per heavy atom. The molecule has 1 aliphatic heterocycles. The van der Waals surface area contributed by atoms with Crippen molar-refractivity contribution >= 4 is 16.8 Å². The molecule has 3 aromatic rings. The molecule has 1 saturated heterocycles. The third-order valence-corrected chi connectivity index (χ3v) is 6.34. The lowest BCUT2D eigenvalue weighted by molar-refractivity contribution is 0.0938. The van der Waals surface area contributed by atoms with Gasteiger partial charge in [0.15, 0.2) is 0 Å². The van der Waals surface area contributed by atoms with E-state index in [0.29, 0.717) is 36.0 Å². The lowest BCUT2D eigenvalue weighted by Gasteiger charge is -2.33. The van der Waals surface area contributed by atoms with Crippen LogP contribution in [0.5, 0.6) is 0 Å². The normalized spacial score (nSPS) is 15.1. The molecule has 0 saturated carbocycles. The Hall–Kier alpha value is -3.23. The van der Waals surface area contributed by atoms with Crippen LogP contribution in [0.15, 0.2) is 58.1 Å². The van der Waals surface area contributed by atoms with Gasteiger partial charge in [-0.1, -0.05) is 37.3 Å². The number of piperazine rings is 1. The zero-order valence-corrected chi connectivity index (χ0v) is 19.0. The van der Waals surface area contributed by atoms with Gasteiger partial charge >= 0.3 is 5.69 Å². The molecule has 1 aromatic heterocycles. The SMILES string of the molecule is CCN1CCN(CCNC(=O)c2ccc3c(=O)n(CCc4ccccc4)c(=O)[nH]c3c2)CC1. The van der Waals surface area contributed by atoms with Gasteiger partial charge in [0.1, 0.15) is 0 Å². The molecule has 0 spiro atoms. The van der Waals surface area contributed by atoms with Crippen molar-refractivity contribution in [3.05, 3.63) is 80.5 Å². The second-order valence-corrected chi connectivity index (χ2v) is 8.41. The number of aryl methyl sites for hydroxylation is 1. The predicted molar refractivity (Wildman–Crippen MR) is 130 cm³/mol. The number of carbonyl (C=O) groups excluding carboxylic acids is 1. The average molecular weight is 450 g/mol. The molecule has 8 heteroatoms. The molecular weight excluding hydrogens is 418 g/mol. The van der Waals surface area contributed by atoms with Crippen molar-refractivity contribution in [3.8, 4) is 0 Å². The van der Waals surface area contributed by atoms with Gasteiger partial charge in [-0.25, -0.2) is 4.79 Å². The van der Waals surface area contributed by atoms with E-state index in [0.717, 1.165) is 44.8 Å². The van der Waals surface area contributed by atoms with Gasteiger partial charge in [0, 0.05) is 51.4 Å². The first-order valence-corrected chi connectivity index (χ1v) is 11.6. The maximum atomic E-state index is 12.9. The van der Waals surface area contributed by atoms with Crippen LogP contribution in [0.3, 0.4) is 0 Å². The summed E-state index contributed by atoms with van der Waals surface area (Å²) >= 11 is 0. The number of rotatable bonds is 8. The minimum atomic E-state index is -0.466. The summed E-state index contributed by atoms with van der Waals surface area (Å²) in [5.74, 6) is -0.210. The fourth-order valence-corrected chi connectivity index (χ4v) is 4.24. The van der Waals surface area contributed by atoms with Crippen molar-refractivity contribution in [2.45, 2.75) is 19.9 Å². The summed E-state index contributed by atoms with van der Waals surface area (Å²) in [6, 6.07) is 14.6. The fraction of sp³-hybridized carbons (Fsp3) is 0.400. The second-order valence-electron chi connectivity index (χ2n) is 8.41. The first-order valence-electron chi connectivity index (χ1n) is 11.6. The number of H-pyrrole nitrogens is 1. The first-order chi connectivity index (χ1) is 16.0. The van der Waals surface area contributed by atoms with E-state index in [2.05, 4.69) is 27.0 Å². The molecule has 4 rings (SSSR count). The quantitative estimate of drug-likeness (QED) is 0.541. The van der Waals surface area contributed by atoms with E-state index in [1.807, 2.05) is 30.3 Å². The minimum Gasteiger partial charge on any atom is -0.351 e. The van der Waals surface area contributed by atoms with Crippen molar-refractivity contribution in [1.29, 1.82) is 0 Å². The van der Waals surface area contributed by atoms with Gasteiger partial charge in [-0.15, -0.1) is 0 Å². The number of aromatic amines is 1. The molecule has 0 radical (unpaired) electrons. The molecule has 2 aromatic carbocycles. The molecule has 2 N–H and O–H groups in total. The van der Waals surface area contributed by atoms with Gasteiger partial charge in [0.05, 0.1) is 10.9 Å². The number of carbonyl (C=O) groups is 1. The van der Waals surface area contributed by atoms with Crippen LogP contribution in [0.25, 0.3) is 10.9 Å². The van der Waals surface area contributed by atoms with Gasteiger partial charge in [-0.3, -0.25) is 19.1 Å². The smallest absolute Gasteiger partial charge is 0.328 e. The monoisotopic (exact) mass is 449 g/mol. The van der Waals surface area contributed by atoms with E-state index >= 15 is 0 Å². The lowest BCUT2D eigenvalue weighted by Crippen LogP contribution is -2.48. The summed E-state index contributed by atoms with van der Waals surface area (Å²) in [5.41, 5.74) is 1.05. The number of benzene rings is 2. The molecule has 0 atom stereocenters. The van der Waals surface area contributed by atoms with E-state index in [4.69, 9.17) is 0 Å². The Morgan fingerprint density at radius 1 is 0.970 bits per heavy atom. The van der Waals surface area contributed by atoms with Crippen molar-refractivity contribution in [2.24, 2.45) is 0 Å². The maximum absolute atomic E-state index is 12.9. The molecule has 0 aliphatic carbocycles. The molecule has 174 valence electrons. The highest BCUT2D eigenvalue weighted by atomic mass is 16.2. The van der Waals surface area contributed by atoms with E-state index in [1.54, 1.807) is 18.2 Å². The predicted octanol–water partition coefficient (Wildman–Crippen LogP) is 1.30. The number of aromatic nitrogens is 2. The highest BCUT2D eigenvalue weighted by Crippen LogP contribution is 2.10. The van der Waals surface area contributed by atoms with E-state index < -0.39 is 5.69 Å². The molecule has 1 aliphatic rings.